The molecule has 2 saturated carbocycles. The lowest BCUT2D eigenvalue weighted by Crippen LogP contribution is -2.53. The first-order valence-corrected chi connectivity index (χ1v) is 26.6. The van der Waals surface area contributed by atoms with Gasteiger partial charge in [-0.1, -0.05) is 24.1 Å². The van der Waals surface area contributed by atoms with Crippen LogP contribution >= 0.6 is 0 Å². The fourth-order valence-electron chi connectivity index (χ4n) is 13.7. The Balaban J connectivity index is 0.642. The average Bonchev–Trinajstić information content (AvgIpc) is 3.97. The number of hydrogen-bond donors (Lipinski definition) is 3. The molecule has 0 radical (unpaired) electrons. The van der Waals surface area contributed by atoms with Crippen LogP contribution in [0.4, 0.5) is 14.6 Å². The van der Waals surface area contributed by atoms with E-state index in [2.05, 4.69) is 54.4 Å². The summed E-state index contributed by atoms with van der Waals surface area (Å²) < 4.78 is 40.6. The highest BCUT2D eigenvalue weighted by Crippen LogP contribution is 2.55. The van der Waals surface area contributed by atoms with E-state index in [1.165, 1.54) is 29.8 Å². The van der Waals surface area contributed by atoms with E-state index >= 15 is 8.78 Å². The number of benzene rings is 3. The number of nitrogens with one attached hydrogen (secondary N) is 2. The van der Waals surface area contributed by atoms with E-state index in [0.717, 1.165) is 114 Å². The minimum absolute atomic E-state index is 0.0348. The summed E-state index contributed by atoms with van der Waals surface area (Å²) >= 11 is 0. The van der Waals surface area contributed by atoms with Crippen molar-refractivity contribution in [2.45, 2.75) is 101 Å². The quantitative estimate of drug-likeness (QED) is 0.0933. The molecule has 3 amide bonds. The summed E-state index contributed by atoms with van der Waals surface area (Å²) in [6.07, 6.45) is 18.1. The number of phenolic OH excluding ortho intramolecular Hbond substituents is 1. The summed E-state index contributed by atoms with van der Waals surface area (Å²) in [5, 5.41) is 23.7. The van der Waals surface area contributed by atoms with Crippen molar-refractivity contribution in [1.82, 2.24) is 45.2 Å². The van der Waals surface area contributed by atoms with Crippen molar-refractivity contribution in [3.63, 3.8) is 0 Å². The molecule has 2 bridgehead atoms. The number of piperidine rings is 3. The van der Waals surface area contributed by atoms with Gasteiger partial charge in [-0.3, -0.25) is 29.4 Å². The number of carbonyl (C=O) groups excluding carboxylic acids is 3. The lowest BCUT2D eigenvalue weighted by Gasteiger charge is -2.53. The number of halogens is 2. The van der Waals surface area contributed by atoms with E-state index in [1.807, 2.05) is 11.7 Å². The third-order valence-electron chi connectivity index (χ3n) is 18.0. The number of imide groups is 1. The van der Waals surface area contributed by atoms with Crippen LogP contribution in [-0.2, 0) is 21.4 Å². The molecule has 5 saturated heterocycles. The van der Waals surface area contributed by atoms with Crippen molar-refractivity contribution in [2.75, 3.05) is 57.3 Å². The molecule has 74 heavy (non-hydrogen) atoms. The second-order valence-electron chi connectivity index (χ2n) is 22.8. The van der Waals surface area contributed by atoms with Crippen molar-refractivity contribution in [3.8, 4) is 35.4 Å². The van der Waals surface area contributed by atoms with Gasteiger partial charge in [0.15, 0.2) is 5.82 Å². The van der Waals surface area contributed by atoms with Crippen LogP contribution in [0.1, 0.15) is 106 Å². The molecule has 8 heterocycles. The molecular formula is C57H60F2N10O5. The predicted octanol–water partition coefficient (Wildman–Crippen LogP) is 7.22. The number of phenols is 1. The van der Waals surface area contributed by atoms with Crippen LogP contribution in [0.25, 0.3) is 43.8 Å². The molecule has 2 aliphatic carbocycles. The third-order valence-corrected chi connectivity index (χ3v) is 18.0. The van der Waals surface area contributed by atoms with Crippen molar-refractivity contribution in [1.29, 1.82) is 0 Å². The van der Waals surface area contributed by atoms with Crippen LogP contribution in [0.5, 0.6) is 11.8 Å². The van der Waals surface area contributed by atoms with Crippen molar-refractivity contribution >= 4 is 56.1 Å². The predicted molar refractivity (Wildman–Crippen MR) is 274 cm³/mol. The highest BCUT2D eigenvalue weighted by atomic mass is 19.1. The number of fused-ring (bicyclic) bond motifs is 5. The molecule has 17 heteroatoms. The Bertz CT molecular complexity index is 3330. The van der Waals surface area contributed by atoms with Crippen molar-refractivity contribution < 1.29 is 33.0 Å². The summed E-state index contributed by atoms with van der Waals surface area (Å²) in [4.78, 5) is 59.4. The zero-order chi connectivity index (χ0) is 50.6. The normalized spacial score (nSPS) is 23.9. The minimum Gasteiger partial charge on any atom is -0.508 e. The molecule has 6 aromatic rings. The van der Waals surface area contributed by atoms with Crippen LogP contribution in [0.3, 0.4) is 0 Å². The topological polar surface area (TPSA) is 171 Å². The van der Waals surface area contributed by atoms with E-state index in [9.17, 15) is 19.5 Å². The van der Waals surface area contributed by atoms with Gasteiger partial charge >= 0.3 is 6.01 Å². The number of aromatic nitrogens is 5. The number of carbonyl (C=O) groups is 3. The van der Waals surface area contributed by atoms with Crippen molar-refractivity contribution in [2.24, 2.45) is 23.8 Å². The number of aromatic hydroxyl groups is 1. The highest BCUT2D eigenvalue weighted by Gasteiger charge is 2.52. The van der Waals surface area contributed by atoms with E-state index in [1.54, 1.807) is 6.20 Å². The number of hydrogen-bond acceptors (Lipinski definition) is 12. The second-order valence-corrected chi connectivity index (χ2v) is 22.8. The molecule has 7 aliphatic rings. The maximum atomic E-state index is 17.2. The zero-order valence-electron chi connectivity index (χ0n) is 41.6. The van der Waals surface area contributed by atoms with Gasteiger partial charge in [0.2, 0.25) is 17.7 Å². The van der Waals surface area contributed by atoms with Crippen LogP contribution < -0.4 is 20.3 Å². The van der Waals surface area contributed by atoms with Gasteiger partial charge in [0, 0.05) is 92.1 Å². The van der Waals surface area contributed by atoms with E-state index in [4.69, 9.17) is 26.2 Å². The molecule has 382 valence electrons. The Hall–Kier alpha value is -6.77. The van der Waals surface area contributed by atoms with E-state index in [-0.39, 0.29) is 80.1 Å². The molecule has 1 spiro atoms. The monoisotopic (exact) mass is 1000 g/mol. The minimum atomic E-state index is -0.734. The van der Waals surface area contributed by atoms with Gasteiger partial charge in [0.25, 0.3) is 0 Å². The van der Waals surface area contributed by atoms with Gasteiger partial charge in [0.05, 0.1) is 34.7 Å². The fraction of sp³-hybridized carbons (Fsp3) is 0.491. The number of piperazine rings is 1. The average molecular weight is 1000 g/mol. The lowest BCUT2D eigenvalue weighted by atomic mass is 9.57. The van der Waals surface area contributed by atoms with Gasteiger partial charge in [-0.05, 0) is 130 Å². The fourth-order valence-corrected chi connectivity index (χ4v) is 13.7. The number of rotatable bonds is 10. The van der Waals surface area contributed by atoms with Gasteiger partial charge < -0.3 is 29.9 Å². The van der Waals surface area contributed by atoms with Crippen LogP contribution in [0, 0.1) is 40.7 Å². The molecule has 3 unspecified atom stereocenters. The molecule has 13 rings (SSSR count). The van der Waals surface area contributed by atoms with Gasteiger partial charge in [0.1, 0.15) is 28.6 Å². The summed E-state index contributed by atoms with van der Waals surface area (Å²) in [6, 6.07) is 12.6. The van der Waals surface area contributed by atoms with Crippen LogP contribution in [0.2, 0.25) is 0 Å². The van der Waals surface area contributed by atoms with E-state index < -0.39 is 17.6 Å². The number of aryl methyl sites for hydroxylation is 1. The Morgan fingerprint density at radius 2 is 1.70 bits per heavy atom. The summed E-state index contributed by atoms with van der Waals surface area (Å²) in [6.45, 7) is 6.13. The maximum absolute atomic E-state index is 17.2. The molecule has 15 nitrogen and oxygen atoms in total. The number of terminal acetylenes is 1. The SMILES string of the molecule is C#Cc1c(F)ccc2cc(O)cc(-c3ncc4c(N5CC6CCC(C5)N6)nc(OCC5(CN6CCC7(CC6)CC(C(=O)N6CCC(c8ccc9c(C%10CCC(=O)NC%10=O)nn(C)c9c8)CC6)C7)CC5)nc4c3F)c12. The Labute approximate surface area is 427 Å². The molecule has 3 aromatic carbocycles. The first-order valence-electron chi connectivity index (χ1n) is 26.6. The van der Waals surface area contributed by atoms with Gasteiger partial charge in [-0.2, -0.15) is 15.1 Å². The Morgan fingerprint density at radius 1 is 0.932 bits per heavy atom. The molecular weight excluding hydrogens is 943 g/mol. The molecule has 3 N–H and O–H groups in total. The van der Waals surface area contributed by atoms with Gasteiger partial charge in [-0.25, -0.2) is 8.78 Å². The number of anilines is 1. The smallest absolute Gasteiger partial charge is 0.319 e. The summed E-state index contributed by atoms with van der Waals surface area (Å²) in [7, 11) is 1.90. The van der Waals surface area contributed by atoms with E-state index in [0.29, 0.717) is 61.0 Å². The largest absolute Gasteiger partial charge is 0.508 e. The standard InChI is InChI=1S/C57H60F2N10O5/c1-3-39-44(58)10-5-34-22-38(70)24-42(47(34)39)50-48(59)51-43(27-60-50)52(69-28-36-6-7-37(29-69)61-36)64-55(63-51)74-31-57(14-15-57)30-67-20-16-56(17-21-67)25-35(26-56)54(73)68-18-12-32(13-19-68)33-4-8-40-45(23-33)66(2)65-49(40)41-9-11-46(71)62-53(41)72/h1,4-5,8,10,22-24,27,32,35-37,41,61,70H,6-7,9,11-21,25-26,28-31H2,2H3,(H,62,71,72). The lowest BCUT2D eigenvalue weighted by molar-refractivity contribution is -0.147. The Morgan fingerprint density at radius 3 is 2.43 bits per heavy atom. The third kappa shape index (κ3) is 8.28. The second kappa shape index (κ2) is 18.0. The molecule has 3 atom stereocenters. The number of likely N-dealkylation sites (tertiary alicyclic amines) is 2. The molecule has 7 fully saturated rings. The summed E-state index contributed by atoms with van der Waals surface area (Å²) in [5.41, 5.74) is 3.12. The number of nitrogens with zero attached hydrogens (tertiary/aromatic N) is 8. The molecule has 3 aromatic heterocycles. The van der Waals surface area contributed by atoms with Gasteiger partial charge in [-0.15, -0.1) is 6.42 Å². The zero-order valence-corrected chi connectivity index (χ0v) is 41.6. The van der Waals surface area contributed by atoms with Crippen molar-refractivity contribution in [3.05, 3.63) is 77.1 Å². The highest BCUT2D eigenvalue weighted by molar-refractivity contribution is 6.04. The molecule has 5 aliphatic heterocycles. The Kier molecular flexibility index (Phi) is 11.4. The summed E-state index contributed by atoms with van der Waals surface area (Å²) in [5.74, 6) is 1.26. The number of pyridine rings is 1. The first-order chi connectivity index (χ1) is 35.8. The van der Waals surface area contributed by atoms with Crippen LogP contribution in [-0.4, -0.2) is 122 Å². The van der Waals surface area contributed by atoms with Crippen LogP contribution in [0.15, 0.2) is 48.7 Å². The maximum Gasteiger partial charge on any atom is 0.319 e. The number of ether oxygens (including phenoxy) is 1. The first kappa shape index (κ1) is 47.0. The number of amides is 3.